The Balaban J connectivity index is 0.00000120. The molecule has 2 aliphatic heterocycles. The zero-order chi connectivity index (χ0) is 11.8. The minimum atomic E-state index is -0.205. The summed E-state index contributed by atoms with van der Waals surface area (Å²) in [5, 5.41) is 6.11. The summed E-state index contributed by atoms with van der Waals surface area (Å²) in [6.07, 6.45) is 3.97. The van der Waals surface area contributed by atoms with Crippen LogP contribution in [-0.2, 0) is 9.59 Å². The van der Waals surface area contributed by atoms with Gasteiger partial charge >= 0.3 is 0 Å². The van der Waals surface area contributed by atoms with Crippen molar-refractivity contribution in [3.05, 3.63) is 0 Å². The lowest BCUT2D eigenvalue weighted by Gasteiger charge is -2.32. The van der Waals surface area contributed by atoms with Gasteiger partial charge < -0.3 is 15.5 Å². The molecule has 2 amide bonds. The number of hydrogen-bond donors (Lipinski definition) is 2. The van der Waals surface area contributed by atoms with Crippen molar-refractivity contribution in [2.45, 2.75) is 37.8 Å². The third-order valence-electron chi connectivity index (χ3n) is 3.89. The molecule has 2 heterocycles. The van der Waals surface area contributed by atoms with Gasteiger partial charge in [0.1, 0.15) is 6.04 Å². The van der Waals surface area contributed by atoms with Crippen LogP contribution in [0.25, 0.3) is 0 Å². The van der Waals surface area contributed by atoms with E-state index in [1.165, 1.54) is 0 Å². The lowest BCUT2D eigenvalue weighted by Crippen LogP contribution is -2.55. The Hall–Kier alpha value is -0.810. The monoisotopic (exact) mass is 273 g/mol. The summed E-state index contributed by atoms with van der Waals surface area (Å²) in [5.41, 5.74) is 0. The van der Waals surface area contributed by atoms with Gasteiger partial charge in [0.15, 0.2) is 0 Å². The predicted molar refractivity (Wildman–Crippen MR) is 69.5 cm³/mol. The quantitative estimate of drug-likeness (QED) is 0.755. The van der Waals surface area contributed by atoms with Gasteiger partial charge in [-0.1, -0.05) is 0 Å². The molecule has 2 saturated heterocycles. The molecule has 1 unspecified atom stereocenters. The van der Waals surface area contributed by atoms with E-state index in [0.29, 0.717) is 6.04 Å². The molecular formula is C12H20ClN3O2. The van der Waals surface area contributed by atoms with E-state index < -0.39 is 0 Å². The van der Waals surface area contributed by atoms with E-state index >= 15 is 0 Å². The molecule has 0 aromatic heterocycles. The Morgan fingerprint density at radius 3 is 2.44 bits per heavy atom. The highest BCUT2D eigenvalue weighted by Gasteiger charge is 2.39. The van der Waals surface area contributed by atoms with Crippen molar-refractivity contribution in [2.75, 3.05) is 19.6 Å². The van der Waals surface area contributed by atoms with Crippen LogP contribution in [0.2, 0.25) is 0 Å². The number of carbonyl (C=O) groups is 2. The van der Waals surface area contributed by atoms with E-state index in [1.54, 1.807) is 4.90 Å². The number of nitrogens with one attached hydrogen (secondary N) is 2. The lowest BCUT2D eigenvalue weighted by atomic mass is 10.0. The lowest BCUT2D eigenvalue weighted by molar-refractivity contribution is -0.142. The number of carbonyl (C=O) groups excluding carboxylic acids is 2. The summed E-state index contributed by atoms with van der Waals surface area (Å²) < 4.78 is 0. The smallest absolute Gasteiger partial charge is 0.243 e. The van der Waals surface area contributed by atoms with Gasteiger partial charge in [-0.2, -0.15) is 0 Å². The largest absolute Gasteiger partial charge is 0.352 e. The highest BCUT2D eigenvalue weighted by Crippen LogP contribution is 2.24. The van der Waals surface area contributed by atoms with Gasteiger partial charge in [0, 0.05) is 25.7 Å². The third kappa shape index (κ3) is 2.62. The molecule has 6 heteroatoms. The van der Waals surface area contributed by atoms with Crippen molar-refractivity contribution < 1.29 is 9.59 Å². The first-order chi connectivity index (χ1) is 8.25. The average Bonchev–Trinajstić information content (AvgIpc) is 2.90. The Bertz CT molecular complexity index is 342. The van der Waals surface area contributed by atoms with Crippen molar-refractivity contribution in [2.24, 2.45) is 5.92 Å². The maximum Gasteiger partial charge on any atom is 0.243 e. The van der Waals surface area contributed by atoms with Crippen LogP contribution < -0.4 is 10.6 Å². The van der Waals surface area contributed by atoms with Gasteiger partial charge in [0.25, 0.3) is 0 Å². The molecule has 0 radical (unpaired) electrons. The molecule has 2 N–H and O–H groups in total. The second-order valence-corrected chi connectivity index (χ2v) is 5.33. The molecule has 102 valence electrons. The van der Waals surface area contributed by atoms with E-state index in [0.717, 1.165) is 45.3 Å². The number of nitrogens with zero attached hydrogens (tertiary/aromatic N) is 1. The third-order valence-corrected chi connectivity index (χ3v) is 3.89. The molecule has 1 saturated carbocycles. The van der Waals surface area contributed by atoms with E-state index in [2.05, 4.69) is 10.6 Å². The summed E-state index contributed by atoms with van der Waals surface area (Å²) >= 11 is 0. The second kappa shape index (κ2) is 5.45. The fourth-order valence-corrected chi connectivity index (χ4v) is 2.53. The molecule has 0 aromatic carbocycles. The molecule has 3 rings (SSSR count). The van der Waals surface area contributed by atoms with E-state index in [9.17, 15) is 9.59 Å². The standard InChI is InChI=1S/C12H19N3O2.ClH/c16-11(14-9-3-4-9)10-2-1-5-15(10)12(17)8-6-13-7-8;/h8-10,13H,1-7H2,(H,14,16);1H. The van der Waals surface area contributed by atoms with Crippen LogP contribution in [0.3, 0.4) is 0 Å². The average molecular weight is 274 g/mol. The Kier molecular flexibility index (Phi) is 4.12. The normalized spacial score (nSPS) is 27.3. The minimum Gasteiger partial charge on any atom is -0.352 e. The fourth-order valence-electron chi connectivity index (χ4n) is 2.53. The molecule has 1 aliphatic carbocycles. The maximum absolute atomic E-state index is 12.1. The first kappa shape index (κ1) is 13.6. The van der Waals surface area contributed by atoms with Crippen LogP contribution in [0, 0.1) is 5.92 Å². The van der Waals surface area contributed by atoms with Crippen LogP contribution in [0.15, 0.2) is 0 Å². The minimum absolute atomic E-state index is 0. The number of rotatable bonds is 3. The van der Waals surface area contributed by atoms with E-state index in [-0.39, 0.29) is 36.2 Å². The molecule has 18 heavy (non-hydrogen) atoms. The molecule has 0 spiro atoms. The number of likely N-dealkylation sites (tertiary alicyclic amines) is 1. The predicted octanol–water partition coefficient (Wildman–Crippen LogP) is -0.103. The number of halogens is 1. The Labute approximate surface area is 113 Å². The molecule has 1 atom stereocenters. The first-order valence-electron chi connectivity index (χ1n) is 6.57. The molecule has 3 fully saturated rings. The maximum atomic E-state index is 12.1. The Morgan fingerprint density at radius 2 is 1.89 bits per heavy atom. The van der Waals surface area contributed by atoms with Crippen LogP contribution in [0.5, 0.6) is 0 Å². The first-order valence-corrected chi connectivity index (χ1v) is 6.57. The number of amides is 2. The zero-order valence-corrected chi connectivity index (χ0v) is 11.2. The molecule has 3 aliphatic rings. The van der Waals surface area contributed by atoms with Crippen molar-refractivity contribution in [3.8, 4) is 0 Å². The van der Waals surface area contributed by atoms with Gasteiger partial charge in [-0.3, -0.25) is 9.59 Å². The topological polar surface area (TPSA) is 61.4 Å². The van der Waals surface area contributed by atoms with Crippen molar-refractivity contribution in [1.29, 1.82) is 0 Å². The van der Waals surface area contributed by atoms with Gasteiger partial charge in [-0.25, -0.2) is 0 Å². The van der Waals surface area contributed by atoms with Gasteiger partial charge in [-0.05, 0) is 25.7 Å². The van der Waals surface area contributed by atoms with Crippen molar-refractivity contribution >= 4 is 24.2 Å². The van der Waals surface area contributed by atoms with E-state index in [1.807, 2.05) is 0 Å². The van der Waals surface area contributed by atoms with Crippen LogP contribution in [-0.4, -0.2) is 48.4 Å². The molecule has 0 bridgehead atoms. The summed E-state index contributed by atoms with van der Waals surface area (Å²) in [5.74, 6) is 0.326. The van der Waals surface area contributed by atoms with Crippen molar-refractivity contribution in [1.82, 2.24) is 15.5 Å². The van der Waals surface area contributed by atoms with E-state index in [4.69, 9.17) is 0 Å². The highest BCUT2D eigenvalue weighted by atomic mass is 35.5. The summed E-state index contributed by atoms with van der Waals surface area (Å²) in [6.45, 7) is 2.29. The summed E-state index contributed by atoms with van der Waals surface area (Å²) in [6, 6.07) is 0.175. The summed E-state index contributed by atoms with van der Waals surface area (Å²) in [4.78, 5) is 26.0. The van der Waals surface area contributed by atoms with Gasteiger partial charge in [-0.15, -0.1) is 12.4 Å². The van der Waals surface area contributed by atoms with Gasteiger partial charge in [0.05, 0.1) is 5.92 Å². The molecule has 5 nitrogen and oxygen atoms in total. The Morgan fingerprint density at radius 1 is 1.17 bits per heavy atom. The van der Waals surface area contributed by atoms with Crippen LogP contribution in [0.4, 0.5) is 0 Å². The fraction of sp³-hybridized carbons (Fsp3) is 0.833. The van der Waals surface area contributed by atoms with Crippen LogP contribution in [0.1, 0.15) is 25.7 Å². The van der Waals surface area contributed by atoms with Crippen molar-refractivity contribution in [3.63, 3.8) is 0 Å². The highest BCUT2D eigenvalue weighted by molar-refractivity contribution is 5.89. The van der Waals surface area contributed by atoms with Gasteiger partial charge in [0.2, 0.25) is 11.8 Å². The summed E-state index contributed by atoms with van der Waals surface area (Å²) in [7, 11) is 0. The second-order valence-electron chi connectivity index (χ2n) is 5.33. The number of hydrogen-bond acceptors (Lipinski definition) is 3. The molecular weight excluding hydrogens is 254 g/mol. The SMILES string of the molecule is Cl.O=C(NC1CC1)C1CCCN1C(=O)C1CNC1. The molecule has 0 aromatic rings. The zero-order valence-electron chi connectivity index (χ0n) is 10.4. The van der Waals surface area contributed by atoms with Crippen LogP contribution >= 0.6 is 12.4 Å².